The molecule has 124 valence electrons. The number of alkyl halides is 3. The highest BCUT2D eigenvalue weighted by atomic mass is 19.4. The van der Waals surface area contributed by atoms with Gasteiger partial charge in [-0.05, 0) is 48.4 Å². The molecule has 0 saturated carbocycles. The van der Waals surface area contributed by atoms with E-state index in [1.54, 1.807) is 43.3 Å². The molecule has 0 bridgehead atoms. The van der Waals surface area contributed by atoms with Crippen LogP contribution in [0.1, 0.15) is 5.56 Å². The maximum absolute atomic E-state index is 12.6. The summed E-state index contributed by atoms with van der Waals surface area (Å²) in [7, 11) is 0. The summed E-state index contributed by atoms with van der Waals surface area (Å²) in [6, 6.07) is 11.5. The largest absolute Gasteiger partial charge is 0.406 e. The minimum absolute atomic E-state index is 0.0381. The molecule has 7 heteroatoms. The van der Waals surface area contributed by atoms with E-state index in [9.17, 15) is 23.3 Å². The number of hydrogen-bond donors (Lipinski definition) is 0. The lowest BCUT2D eigenvalue weighted by Crippen LogP contribution is -2.16. The third-order valence-electron chi connectivity index (χ3n) is 3.85. The lowest BCUT2D eigenvalue weighted by molar-refractivity contribution is -0.385. The fraction of sp³-hybridized carbons (Fsp3) is 0.176. The fourth-order valence-electron chi connectivity index (χ4n) is 2.75. The van der Waals surface area contributed by atoms with Crippen molar-refractivity contribution < 1.29 is 18.1 Å². The van der Waals surface area contributed by atoms with Crippen molar-refractivity contribution in [2.45, 2.75) is 19.6 Å². The maximum Gasteiger partial charge on any atom is 0.406 e. The Bertz CT molecular complexity index is 929. The number of nitrogens with zero attached hydrogens (tertiary/aromatic N) is 2. The van der Waals surface area contributed by atoms with Crippen molar-refractivity contribution in [1.29, 1.82) is 0 Å². The van der Waals surface area contributed by atoms with E-state index in [0.29, 0.717) is 16.5 Å². The summed E-state index contributed by atoms with van der Waals surface area (Å²) < 4.78 is 38.8. The standard InChI is InChI=1S/C17H13F3N2O2/c1-11-8-12(2-4-15(11)22(23)24)13-3-5-16-14(9-13)6-7-21(16)10-17(18,19)20/h2-9H,10H2,1H3. The van der Waals surface area contributed by atoms with Gasteiger partial charge in [0.1, 0.15) is 6.54 Å². The van der Waals surface area contributed by atoms with Gasteiger partial charge in [-0.15, -0.1) is 0 Å². The molecule has 4 nitrogen and oxygen atoms in total. The van der Waals surface area contributed by atoms with Crippen LogP contribution in [0.15, 0.2) is 48.7 Å². The van der Waals surface area contributed by atoms with Gasteiger partial charge in [-0.3, -0.25) is 10.1 Å². The smallest absolute Gasteiger partial charge is 0.338 e. The van der Waals surface area contributed by atoms with E-state index in [0.717, 1.165) is 15.7 Å². The molecule has 3 rings (SSSR count). The Labute approximate surface area is 135 Å². The predicted molar refractivity (Wildman–Crippen MR) is 84.8 cm³/mol. The van der Waals surface area contributed by atoms with Gasteiger partial charge in [0.25, 0.3) is 5.69 Å². The molecule has 0 unspecified atom stereocenters. The molecule has 0 saturated heterocycles. The van der Waals surface area contributed by atoms with E-state index in [4.69, 9.17) is 0 Å². The van der Waals surface area contributed by atoms with E-state index in [1.807, 2.05) is 0 Å². The molecule has 3 aromatic rings. The molecule has 1 aromatic heterocycles. The summed E-state index contributed by atoms with van der Waals surface area (Å²) in [5.41, 5.74) is 2.65. The summed E-state index contributed by atoms with van der Waals surface area (Å²) in [6.45, 7) is 0.618. The van der Waals surface area contributed by atoms with Crippen LogP contribution in [0.3, 0.4) is 0 Å². The maximum atomic E-state index is 12.6. The van der Waals surface area contributed by atoms with Crippen LogP contribution in [0, 0.1) is 17.0 Å². The molecule has 0 N–H and O–H groups in total. The molecule has 0 fully saturated rings. The number of aromatic nitrogens is 1. The Balaban J connectivity index is 2.00. The third kappa shape index (κ3) is 3.10. The van der Waals surface area contributed by atoms with Gasteiger partial charge in [-0.2, -0.15) is 13.2 Å². The minimum atomic E-state index is -4.28. The Kier molecular flexibility index (Phi) is 3.79. The van der Waals surface area contributed by atoms with Crippen molar-refractivity contribution in [2.75, 3.05) is 0 Å². The van der Waals surface area contributed by atoms with Gasteiger partial charge in [0.05, 0.1) is 4.92 Å². The third-order valence-corrected chi connectivity index (χ3v) is 3.85. The number of hydrogen-bond acceptors (Lipinski definition) is 2. The molecule has 0 amide bonds. The summed E-state index contributed by atoms with van der Waals surface area (Å²) in [4.78, 5) is 10.4. The molecule has 1 heterocycles. The zero-order valence-electron chi connectivity index (χ0n) is 12.7. The molecule has 0 spiro atoms. The molecule has 24 heavy (non-hydrogen) atoms. The van der Waals surface area contributed by atoms with Crippen molar-refractivity contribution in [3.8, 4) is 11.1 Å². The lowest BCUT2D eigenvalue weighted by atomic mass is 10.0. The number of halogens is 3. The first kappa shape index (κ1) is 16.0. The van der Waals surface area contributed by atoms with Crippen LogP contribution in [0.5, 0.6) is 0 Å². The van der Waals surface area contributed by atoms with Crippen LogP contribution in [-0.2, 0) is 6.54 Å². The van der Waals surface area contributed by atoms with Crippen LogP contribution in [0.4, 0.5) is 18.9 Å². The molecule has 0 aliphatic carbocycles. The number of fused-ring (bicyclic) bond motifs is 1. The van der Waals surface area contributed by atoms with Crippen molar-refractivity contribution >= 4 is 16.6 Å². The highest BCUT2D eigenvalue weighted by Gasteiger charge is 2.28. The van der Waals surface area contributed by atoms with E-state index in [1.165, 1.54) is 12.3 Å². The summed E-state index contributed by atoms with van der Waals surface area (Å²) in [5, 5.41) is 11.6. The number of aryl methyl sites for hydroxylation is 1. The zero-order chi connectivity index (χ0) is 17.5. The Hall–Kier alpha value is -2.83. The monoisotopic (exact) mass is 334 g/mol. The predicted octanol–water partition coefficient (Wildman–Crippen LogP) is 5.09. The summed E-state index contributed by atoms with van der Waals surface area (Å²) in [6.07, 6.45) is -2.87. The topological polar surface area (TPSA) is 48.1 Å². The van der Waals surface area contributed by atoms with Gasteiger partial charge in [-0.25, -0.2) is 0 Å². The molecule has 0 aliphatic rings. The highest BCUT2D eigenvalue weighted by molar-refractivity contribution is 5.86. The summed E-state index contributed by atoms with van der Waals surface area (Å²) >= 11 is 0. The molecular weight excluding hydrogens is 321 g/mol. The molecule has 0 atom stereocenters. The molecular formula is C17H13F3N2O2. The van der Waals surface area contributed by atoms with Crippen LogP contribution < -0.4 is 0 Å². The van der Waals surface area contributed by atoms with Gasteiger partial charge in [0, 0.05) is 28.7 Å². The first-order chi connectivity index (χ1) is 11.2. The minimum Gasteiger partial charge on any atom is -0.338 e. The Morgan fingerprint density at radius 2 is 1.75 bits per heavy atom. The second-order valence-corrected chi connectivity index (χ2v) is 5.59. The van der Waals surface area contributed by atoms with Crippen molar-refractivity contribution in [3.05, 3.63) is 64.3 Å². The normalized spacial score (nSPS) is 11.8. The average molecular weight is 334 g/mol. The first-order valence-electron chi connectivity index (χ1n) is 7.16. The summed E-state index contributed by atoms with van der Waals surface area (Å²) in [5.74, 6) is 0. The van der Waals surface area contributed by atoms with Crippen LogP contribution >= 0.6 is 0 Å². The fourth-order valence-corrected chi connectivity index (χ4v) is 2.75. The number of nitro groups is 1. The van der Waals surface area contributed by atoms with E-state index in [2.05, 4.69) is 0 Å². The number of rotatable bonds is 3. The van der Waals surface area contributed by atoms with Crippen molar-refractivity contribution in [2.24, 2.45) is 0 Å². The van der Waals surface area contributed by atoms with Gasteiger partial charge < -0.3 is 4.57 Å². The lowest BCUT2D eigenvalue weighted by Gasteiger charge is -2.09. The molecule has 0 radical (unpaired) electrons. The SMILES string of the molecule is Cc1cc(-c2ccc3c(ccn3CC(F)(F)F)c2)ccc1[N+](=O)[O-]. The highest BCUT2D eigenvalue weighted by Crippen LogP contribution is 2.30. The van der Waals surface area contributed by atoms with E-state index < -0.39 is 17.6 Å². The second-order valence-electron chi connectivity index (χ2n) is 5.59. The zero-order valence-corrected chi connectivity index (χ0v) is 12.7. The van der Waals surface area contributed by atoms with Gasteiger partial charge in [0.15, 0.2) is 0 Å². The van der Waals surface area contributed by atoms with Crippen molar-refractivity contribution in [1.82, 2.24) is 4.57 Å². The van der Waals surface area contributed by atoms with Gasteiger partial charge in [0.2, 0.25) is 0 Å². The van der Waals surface area contributed by atoms with E-state index >= 15 is 0 Å². The Morgan fingerprint density at radius 3 is 2.38 bits per heavy atom. The number of nitro benzene ring substituents is 1. The van der Waals surface area contributed by atoms with Crippen LogP contribution in [0.25, 0.3) is 22.0 Å². The second kappa shape index (κ2) is 5.67. The Morgan fingerprint density at radius 1 is 1.08 bits per heavy atom. The first-order valence-corrected chi connectivity index (χ1v) is 7.16. The number of benzene rings is 2. The molecule has 0 aliphatic heterocycles. The van der Waals surface area contributed by atoms with Gasteiger partial charge >= 0.3 is 6.18 Å². The quantitative estimate of drug-likeness (QED) is 0.495. The van der Waals surface area contributed by atoms with Gasteiger partial charge in [-0.1, -0.05) is 6.07 Å². The molecule has 2 aromatic carbocycles. The average Bonchev–Trinajstić information content (AvgIpc) is 2.87. The van der Waals surface area contributed by atoms with Crippen molar-refractivity contribution in [3.63, 3.8) is 0 Å². The van der Waals surface area contributed by atoms with Crippen LogP contribution in [-0.4, -0.2) is 15.7 Å². The van der Waals surface area contributed by atoms with E-state index in [-0.39, 0.29) is 5.69 Å². The van der Waals surface area contributed by atoms with Crippen LogP contribution in [0.2, 0.25) is 0 Å².